The lowest BCUT2D eigenvalue weighted by Gasteiger charge is -2.39. The number of hydrogen-bond donors (Lipinski definition) is 1. The second-order valence-electron chi connectivity index (χ2n) is 7.63. The molecule has 1 aromatic carbocycles. The van der Waals surface area contributed by atoms with Crippen molar-refractivity contribution in [1.82, 2.24) is 10.2 Å². The number of hydrogen-bond acceptors (Lipinski definition) is 4. The van der Waals surface area contributed by atoms with Gasteiger partial charge in [0.1, 0.15) is 17.1 Å². The third-order valence-corrected chi connectivity index (χ3v) is 4.99. The first-order chi connectivity index (χ1) is 11.4. The maximum atomic E-state index is 12.8. The first kappa shape index (κ1) is 17.1. The van der Waals surface area contributed by atoms with Gasteiger partial charge >= 0.3 is 0 Å². The minimum Gasteiger partial charge on any atom is -0.497 e. The lowest BCUT2D eigenvalue weighted by atomic mass is 9.88. The van der Waals surface area contributed by atoms with Crippen LogP contribution in [0.3, 0.4) is 0 Å². The fourth-order valence-electron chi connectivity index (χ4n) is 3.76. The highest BCUT2D eigenvalue weighted by Gasteiger charge is 2.36. The van der Waals surface area contributed by atoms with Gasteiger partial charge in [-0.25, -0.2) is 0 Å². The molecule has 2 atom stereocenters. The number of nitrogens with zero attached hydrogens (tertiary/aromatic N) is 1. The number of nitrogens with one attached hydrogen (secondary N) is 1. The van der Waals surface area contributed by atoms with Crippen molar-refractivity contribution in [3.8, 4) is 11.5 Å². The molecule has 1 amide bonds. The maximum absolute atomic E-state index is 12.8. The molecule has 1 fully saturated rings. The van der Waals surface area contributed by atoms with E-state index in [0.29, 0.717) is 0 Å². The molecule has 0 aliphatic carbocycles. The van der Waals surface area contributed by atoms with Gasteiger partial charge in [-0.1, -0.05) is 0 Å². The van der Waals surface area contributed by atoms with E-state index in [9.17, 15) is 4.79 Å². The van der Waals surface area contributed by atoms with Crippen LogP contribution in [-0.2, 0) is 4.79 Å². The van der Waals surface area contributed by atoms with E-state index in [4.69, 9.17) is 9.47 Å². The van der Waals surface area contributed by atoms with E-state index in [1.54, 1.807) is 7.11 Å². The third-order valence-electron chi connectivity index (χ3n) is 4.99. The fourth-order valence-corrected chi connectivity index (χ4v) is 3.76. The Kier molecular flexibility index (Phi) is 4.72. The Hall–Kier alpha value is -1.75. The molecule has 1 saturated heterocycles. The van der Waals surface area contributed by atoms with Gasteiger partial charge in [-0.2, -0.15) is 0 Å². The minimum atomic E-state index is -0.319. The second kappa shape index (κ2) is 6.63. The van der Waals surface area contributed by atoms with E-state index in [2.05, 4.69) is 31.1 Å². The Morgan fingerprint density at radius 2 is 2.21 bits per heavy atom. The van der Waals surface area contributed by atoms with Gasteiger partial charge in [-0.3, -0.25) is 4.79 Å². The van der Waals surface area contributed by atoms with Crippen molar-refractivity contribution >= 4 is 5.91 Å². The average molecular weight is 332 g/mol. The van der Waals surface area contributed by atoms with Gasteiger partial charge in [0, 0.05) is 24.6 Å². The molecule has 132 valence electrons. The first-order valence-electron chi connectivity index (χ1n) is 8.74. The molecule has 0 spiro atoms. The number of fused-ring (bicyclic) bond motifs is 1. The van der Waals surface area contributed by atoms with Crippen LogP contribution in [0, 0.1) is 5.92 Å². The highest BCUT2D eigenvalue weighted by atomic mass is 16.5. The summed E-state index contributed by atoms with van der Waals surface area (Å²) in [7, 11) is 3.73. The number of methoxy groups -OCH3 is 1. The summed E-state index contributed by atoms with van der Waals surface area (Å²) in [6, 6.07) is 5.81. The number of rotatable bonds is 3. The van der Waals surface area contributed by atoms with Crippen molar-refractivity contribution in [2.24, 2.45) is 5.92 Å². The van der Waals surface area contributed by atoms with E-state index in [1.165, 1.54) is 0 Å². The molecule has 2 aliphatic heterocycles. The summed E-state index contributed by atoms with van der Waals surface area (Å²) in [5, 5.41) is 3.27. The van der Waals surface area contributed by atoms with E-state index in [1.807, 2.05) is 18.2 Å². The van der Waals surface area contributed by atoms with Crippen LogP contribution in [0.15, 0.2) is 18.2 Å². The van der Waals surface area contributed by atoms with Crippen LogP contribution in [0.25, 0.3) is 0 Å². The zero-order chi connectivity index (χ0) is 17.3. The number of carbonyl (C=O) groups is 1. The summed E-state index contributed by atoms with van der Waals surface area (Å²) in [5.41, 5.74) is 0.716. The predicted molar refractivity (Wildman–Crippen MR) is 93.4 cm³/mol. The smallest absolute Gasteiger partial charge is 0.224 e. The monoisotopic (exact) mass is 332 g/mol. The number of ether oxygens (including phenoxy) is 2. The van der Waals surface area contributed by atoms with Crippen molar-refractivity contribution in [3.63, 3.8) is 0 Å². The number of benzene rings is 1. The summed E-state index contributed by atoms with van der Waals surface area (Å²) in [4.78, 5) is 15.0. The highest BCUT2D eigenvalue weighted by molar-refractivity contribution is 5.79. The number of likely N-dealkylation sites (tertiary alicyclic amines) is 1. The molecule has 5 nitrogen and oxygen atoms in total. The quantitative estimate of drug-likeness (QED) is 0.925. The van der Waals surface area contributed by atoms with Gasteiger partial charge in [0.2, 0.25) is 5.91 Å². The van der Waals surface area contributed by atoms with Gasteiger partial charge in [0.15, 0.2) is 0 Å². The van der Waals surface area contributed by atoms with Crippen LogP contribution in [-0.4, -0.2) is 43.7 Å². The van der Waals surface area contributed by atoms with Crippen molar-refractivity contribution < 1.29 is 14.3 Å². The van der Waals surface area contributed by atoms with Gasteiger partial charge in [0.05, 0.1) is 19.1 Å². The van der Waals surface area contributed by atoms with Crippen LogP contribution >= 0.6 is 0 Å². The summed E-state index contributed by atoms with van der Waals surface area (Å²) >= 11 is 0. The second-order valence-corrected chi connectivity index (χ2v) is 7.63. The number of carbonyl (C=O) groups excluding carboxylic acids is 1. The normalized spacial score (nSPS) is 26.2. The molecule has 1 N–H and O–H groups in total. The van der Waals surface area contributed by atoms with E-state index >= 15 is 0 Å². The minimum absolute atomic E-state index is 0.0191. The molecule has 0 radical (unpaired) electrons. The SMILES string of the molecule is COc1ccc2c(c1)OC(C)(C)C[C@H]2NC(=O)[C@@H]1CCCN(C)C1. The Bertz CT molecular complexity index is 615. The van der Waals surface area contributed by atoms with Crippen LogP contribution in [0.2, 0.25) is 0 Å². The van der Waals surface area contributed by atoms with Crippen molar-refractivity contribution in [3.05, 3.63) is 23.8 Å². The van der Waals surface area contributed by atoms with Crippen LogP contribution in [0.1, 0.15) is 44.7 Å². The Balaban J connectivity index is 1.79. The molecule has 0 unspecified atom stereocenters. The molecule has 1 aromatic rings. The van der Waals surface area contributed by atoms with Crippen LogP contribution < -0.4 is 14.8 Å². The summed E-state index contributed by atoms with van der Waals surface area (Å²) in [6.07, 6.45) is 2.82. The lowest BCUT2D eigenvalue weighted by molar-refractivity contribution is -0.127. The molecule has 0 aromatic heterocycles. The van der Waals surface area contributed by atoms with Crippen LogP contribution in [0.5, 0.6) is 11.5 Å². The molecule has 2 aliphatic rings. The number of piperidine rings is 1. The van der Waals surface area contributed by atoms with E-state index in [0.717, 1.165) is 49.4 Å². The van der Waals surface area contributed by atoms with Gasteiger partial charge in [-0.05, 0) is 52.4 Å². The molecular weight excluding hydrogens is 304 g/mol. The Morgan fingerprint density at radius 3 is 2.92 bits per heavy atom. The van der Waals surface area contributed by atoms with Crippen LogP contribution in [0.4, 0.5) is 0 Å². The van der Waals surface area contributed by atoms with Crippen molar-refractivity contribution in [1.29, 1.82) is 0 Å². The van der Waals surface area contributed by atoms with E-state index < -0.39 is 0 Å². The largest absolute Gasteiger partial charge is 0.497 e. The topological polar surface area (TPSA) is 50.8 Å². The first-order valence-corrected chi connectivity index (χ1v) is 8.74. The molecule has 0 bridgehead atoms. The Morgan fingerprint density at radius 1 is 1.42 bits per heavy atom. The highest BCUT2D eigenvalue weighted by Crippen LogP contribution is 2.41. The van der Waals surface area contributed by atoms with Gasteiger partial charge < -0.3 is 19.7 Å². The number of amides is 1. The molecule has 24 heavy (non-hydrogen) atoms. The molecule has 0 saturated carbocycles. The third kappa shape index (κ3) is 3.66. The summed E-state index contributed by atoms with van der Waals surface area (Å²) in [5.74, 6) is 1.81. The fraction of sp³-hybridized carbons (Fsp3) is 0.632. The van der Waals surface area contributed by atoms with Gasteiger partial charge in [-0.15, -0.1) is 0 Å². The summed E-state index contributed by atoms with van der Waals surface area (Å²) < 4.78 is 11.4. The summed E-state index contributed by atoms with van der Waals surface area (Å²) in [6.45, 7) is 6.04. The molecule has 2 heterocycles. The Labute approximate surface area is 144 Å². The maximum Gasteiger partial charge on any atom is 0.224 e. The standard InChI is InChI=1S/C19H28N2O3/c1-19(2)11-16(15-8-7-14(23-4)10-17(15)24-19)20-18(22)13-6-5-9-21(3)12-13/h7-8,10,13,16H,5-6,9,11-12H2,1-4H3,(H,20,22)/t13-,16-/m1/s1. The van der Waals surface area contributed by atoms with Crippen molar-refractivity contribution in [2.75, 3.05) is 27.2 Å². The predicted octanol–water partition coefficient (Wildman–Crippen LogP) is 2.76. The zero-order valence-corrected chi connectivity index (χ0v) is 15.1. The molecule has 5 heteroatoms. The average Bonchev–Trinajstić information content (AvgIpc) is 2.53. The van der Waals surface area contributed by atoms with E-state index in [-0.39, 0.29) is 23.5 Å². The van der Waals surface area contributed by atoms with Gasteiger partial charge in [0.25, 0.3) is 0 Å². The molecular formula is C19H28N2O3. The molecule has 3 rings (SSSR count). The zero-order valence-electron chi connectivity index (χ0n) is 15.1. The van der Waals surface area contributed by atoms with Crippen molar-refractivity contribution in [2.45, 2.75) is 44.8 Å². The lowest BCUT2D eigenvalue weighted by Crippen LogP contribution is -2.46.